The van der Waals surface area contributed by atoms with Crippen molar-refractivity contribution < 1.29 is 9.53 Å². The Balaban J connectivity index is 2.47. The molecule has 1 aromatic carbocycles. The maximum atomic E-state index is 10.8. The second-order valence-corrected chi connectivity index (χ2v) is 4.81. The minimum Gasteiger partial charge on any atom is -0.497 e. The van der Waals surface area contributed by atoms with Crippen LogP contribution in [0.4, 0.5) is 0 Å². The van der Waals surface area contributed by atoms with Gasteiger partial charge in [0.15, 0.2) is 0 Å². The average molecular weight is 220 g/mol. The van der Waals surface area contributed by atoms with Gasteiger partial charge in [0, 0.05) is 15.7 Å². The highest BCUT2D eigenvalue weighted by Crippen LogP contribution is 2.37. The van der Waals surface area contributed by atoms with Crippen molar-refractivity contribution in [2.45, 2.75) is 17.1 Å². The van der Waals surface area contributed by atoms with Gasteiger partial charge in [-0.2, -0.15) is 0 Å². The number of thioether (sulfide) groups is 1. The first-order chi connectivity index (χ1) is 7.24. The third-order valence-electron chi connectivity index (χ3n) is 2.45. The minimum atomic E-state index is 0.239. The lowest BCUT2D eigenvalue weighted by molar-refractivity contribution is -0.104. The van der Waals surface area contributed by atoms with Gasteiger partial charge in [-0.3, -0.25) is 4.79 Å². The van der Waals surface area contributed by atoms with Crippen molar-refractivity contribution >= 4 is 24.1 Å². The van der Waals surface area contributed by atoms with Crippen LogP contribution in [0.2, 0.25) is 0 Å². The predicted octanol–water partition coefficient (Wildman–Crippen LogP) is 2.77. The highest BCUT2D eigenvalue weighted by atomic mass is 32.2. The number of hydrogen-bond acceptors (Lipinski definition) is 3. The molecule has 0 amide bonds. The lowest BCUT2D eigenvalue weighted by atomic mass is 10.1. The summed E-state index contributed by atoms with van der Waals surface area (Å²) in [6, 6.07) is 5.93. The maximum absolute atomic E-state index is 10.8. The van der Waals surface area contributed by atoms with E-state index in [1.54, 1.807) is 18.9 Å². The minimum absolute atomic E-state index is 0.239. The van der Waals surface area contributed by atoms with E-state index in [0.29, 0.717) is 0 Å². The van der Waals surface area contributed by atoms with Crippen molar-refractivity contribution in [3.63, 3.8) is 0 Å². The number of carbonyl (C=O) groups excluding carboxylic acids is 1. The van der Waals surface area contributed by atoms with Crippen molar-refractivity contribution in [3.8, 4) is 5.75 Å². The summed E-state index contributed by atoms with van der Waals surface area (Å²) in [5.41, 5.74) is 1.90. The number of hydrogen-bond donors (Lipinski definition) is 0. The van der Waals surface area contributed by atoms with E-state index < -0.39 is 0 Å². The Bertz CT molecular complexity index is 424. The van der Waals surface area contributed by atoms with E-state index in [1.807, 2.05) is 31.2 Å². The topological polar surface area (TPSA) is 26.3 Å². The second-order valence-electron chi connectivity index (χ2n) is 3.43. The summed E-state index contributed by atoms with van der Waals surface area (Å²) in [4.78, 5) is 12.0. The van der Waals surface area contributed by atoms with Crippen molar-refractivity contribution in [3.05, 3.63) is 29.3 Å². The van der Waals surface area contributed by atoms with Crippen LogP contribution in [-0.2, 0) is 4.79 Å². The Labute approximate surface area is 93.3 Å². The van der Waals surface area contributed by atoms with Crippen LogP contribution in [0.5, 0.6) is 5.75 Å². The molecule has 0 radical (unpaired) electrons. The van der Waals surface area contributed by atoms with Crippen molar-refractivity contribution in [1.82, 2.24) is 0 Å². The van der Waals surface area contributed by atoms with Crippen LogP contribution in [0.3, 0.4) is 0 Å². The van der Waals surface area contributed by atoms with Gasteiger partial charge in [-0.25, -0.2) is 0 Å². The molecule has 1 aliphatic rings. The zero-order valence-electron chi connectivity index (χ0n) is 8.69. The molecule has 1 heterocycles. The Morgan fingerprint density at radius 2 is 2.27 bits per heavy atom. The Hall–Kier alpha value is -1.22. The van der Waals surface area contributed by atoms with Crippen molar-refractivity contribution in [2.75, 3.05) is 7.11 Å². The number of ether oxygens (including phenoxy) is 1. The summed E-state index contributed by atoms with van der Waals surface area (Å²) in [7, 11) is 1.64. The van der Waals surface area contributed by atoms with Crippen molar-refractivity contribution in [1.29, 1.82) is 0 Å². The number of carbonyl (C=O) groups is 1. The molecule has 0 bridgehead atoms. The van der Waals surface area contributed by atoms with Crippen LogP contribution in [0.15, 0.2) is 28.7 Å². The third-order valence-corrected chi connectivity index (χ3v) is 3.70. The largest absolute Gasteiger partial charge is 0.497 e. The van der Waals surface area contributed by atoms with E-state index in [9.17, 15) is 4.79 Å². The Kier molecular flexibility index (Phi) is 2.82. The molecule has 1 atom stereocenters. The van der Waals surface area contributed by atoms with Crippen LogP contribution in [0, 0.1) is 0 Å². The normalized spacial score (nSPS) is 19.1. The molecule has 0 aliphatic carbocycles. The molecule has 78 valence electrons. The molecule has 0 unspecified atom stereocenters. The fraction of sp³-hybridized carbons (Fsp3) is 0.250. The number of methoxy groups -OCH3 is 1. The van der Waals surface area contributed by atoms with Gasteiger partial charge in [-0.05, 0) is 36.8 Å². The van der Waals surface area contributed by atoms with E-state index in [-0.39, 0.29) is 5.25 Å². The molecule has 15 heavy (non-hydrogen) atoms. The van der Waals surface area contributed by atoms with Gasteiger partial charge < -0.3 is 4.74 Å². The number of rotatable bonds is 2. The van der Waals surface area contributed by atoms with Crippen LogP contribution in [-0.4, -0.2) is 18.6 Å². The number of aldehydes is 1. The summed E-state index contributed by atoms with van der Waals surface area (Å²) in [6.45, 7) is 2.04. The predicted molar refractivity (Wildman–Crippen MR) is 62.4 cm³/mol. The summed E-state index contributed by atoms with van der Waals surface area (Å²) in [5.74, 6) is 0.824. The summed E-state index contributed by atoms with van der Waals surface area (Å²) < 4.78 is 5.15. The molecule has 0 N–H and O–H groups in total. The molecular weight excluding hydrogens is 208 g/mol. The summed E-state index contributed by atoms with van der Waals surface area (Å²) >= 11 is 1.71. The van der Waals surface area contributed by atoms with Crippen LogP contribution < -0.4 is 4.74 Å². The molecule has 0 spiro atoms. The van der Waals surface area contributed by atoms with Gasteiger partial charge in [-0.1, -0.05) is 0 Å². The van der Waals surface area contributed by atoms with E-state index >= 15 is 0 Å². The fourth-order valence-electron chi connectivity index (χ4n) is 1.56. The van der Waals surface area contributed by atoms with E-state index in [0.717, 1.165) is 23.2 Å². The smallest absolute Gasteiger partial charge is 0.147 e. The van der Waals surface area contributed by atoms with E-state index in [4.69, 9.17) is 4.74 Å². The lowest BCUT2D eigenvalue weighted by Gasteiger charge is -2.19. The third kappa shape index (κ3) is 1.92. The SMILES string of the molecule is COc1ccc2c(c1)C=C(C=O)[C@@H](C)S2. The quantitative estimate of drug-likeness (QED) is 0.717. The molecule has 0 saturated carbocycles. The van der Waals surface area contributed by atoms with Crippen molar-refractivity contribution in [2.24, 2.45) is 0 Å². The molecule has 2 nitrogen and oxygen atoms in total. The van der Waals surface area contributed by atoms with Gasteiger partial charge in [0.1, 0.15) is 12.0 Å². The number of benzene rings is 1. The zero-order chi connectivity index (χ0) is 10.8. The molecule has 2 rings (SSSR count). The highest BCUT2D eigenvalue weighted by Gasteiger charge is 2.17. The molecule has 0 aromatic heterocycles. The maximum Gasteiger partial charge on any atom is 0.147 e. The molecule has 1 aliphatic heterocycles. The summed E-state index contributed by atoms with van der Waals surface area (Å²) in [5, 5.41) is 0.239. The number of fused-ring (bicyclic) bond motifs is 1. The van der Waals surface area contributed by atoms with Gasteiger partial charge in [0.25, 0.3) is 0 Å². The molecule has 0 saturated heterocycles. The molecule has 3 heteroatoms. The second kappa shape index (κ2) is 4.11. The fourth-order valence-corrected chi connectivity index (χ4v) is 2.60. The monoisotopic (exact) mass is 220 g/mol. The lowest BCUT2D eigenvalue weighted by Crippen LogP contribution is -2.07. The standard InChI is InChI=1S/C12H12O2S/c1-8-10(7-13)5-9-6-11(14-2)3-4-12(9)15-8/h3-8H,1-2H3/t8-/m1/s1. The molecular formula is C12H12O2S. The Morgan fingerprint density at radius 1 is 1.47 bits per heavy atom. The summed E-state index contributed by atoms with van der Waals surface area (Å²) in [6.07, 6.45) is 2.87. The zero-order valence-corrected chi connectivity index (χ0v) is 9.51. The van der Waals surface area contributed by atoms with E-state index in [1.165, 1.54) is 4.90 Å². The first kappa shape index (κ1) is 10.3. The van der Waals surface area contributed by atoms with Gasteiger partial charge in [0.2, 0.25) is 0 Å². The first-order valence-electron chi connectivity index (χ1n) is 4.76. The van der Waals surface area contributed by atoms with Gasteiger partial charge in [0.05, 0.1) is 7.11 Å². The molecule has 0 fully saturated rings. The van der Waals surface area contributed by atoms with Gasteiger partial charge >= 0.3 is 0 Å². The van der Waals surface area contributed by atoms with Crippen LogP contribution >= 0.6 is 11.8 Å². The Morgan fingerprint density at radius 3 is 2.93 bits per heavy atom. The van der Waals surface area contributed by atoms with Gasteiger partial charge in [-0.15, -0.1) is 11.8 Å². The van der Waals surface area contributed by atoms with E-state index in [2.05, 4.69) is 0 Å². The average Bonchev–Trinajstić information content (AvgIpc) is 2.27. The van der Waals surface area contributed by atoms with Crippen LogP contribution in [0.25, 0.3) is 6.08 Å². The highest BCUT2D eigenvalue weighted by molar-refractivity contribution is 8.00. The molecule has 1 aromatic rings. The van der Waals surface area contributed by atoms with Crippen LogP contribution in [0.1, 0.15) is 12.5 Å². The first-order valence-corrected chi connectivity index (χ1v) is 5.64.